The minimum absolute atomic E-state index is 0.127. The third kappa shape index (κ3) is 5.84. The lowest BCUT2D eigenvalue weighted by molar-refractivity contribution is -0.139. The lowest BCUT2D eigenvalue weighted by atomic mass is 10.2. The zero-order valence-corrected chi connectivity index (χ0v) is 17.3. The van der Waals surface area contributed by atoms with Gasteiger partial charge in [-0.25, -0.2) is 0 Å². The molecule has 0 fully saturated rings. The van der Waals surface area contributed by atoms with Gasteiger partial charge in [0.15, 0.2) is 5.01 Å². The van der Waals surface area contributed by atoms with Crippen LogP contribution < -0.4 is 5.32 Å². The summed E-state index contributed by atoms with van der Waals surface area (Å²) in [6.45, 7) is 3.94. The highest BCUT2D eigenvalue weighted by molar-refractivity contribution is 8.01. The molecule has 140 valence electrons. The Kier molecular flexibility index (Phi) is 8.15. The van der Waals surface area contributed by atoms with E-state index in [9.17, 15) is 9.59 Å². The van der Waals surface area contributed by atoms with Gasteiger partial charge in [0.25, 0.3) is 0 Å². The molecule has 1 unspecified atom stereocenters. The molecule has 1 aromatic carbocycles. The molecular weight excluding hydrogens is 417 g/mol. The van der Waals surface area contributed by atoms with Crippen molar-refractivity contribution in [1.82, 2.24) is 10.2 Å². The monoisotopic (exact) mass is 433 g/mol. The smallest absolute Gasteiger partial charge is 0.315 e. The molecule has 1 heterocycles. The van der Waals surface area contributed by atoms with Crippen LogP contribution in [0.4, 0.5) is 5.13 Å². The highest BCUT2D eigenvalue weighted by Crippen LogP contribution is 2.33. The first-order valence-corrected chi connectivity index (χ1v) is 10.4. The number of nitrogens with zero attached hydrogens (tertiary/aromatic N) is 2. The molecule has 6 nitrogen and oxygen atoms in total. The molecule has 0 spiro atoms. The standard InChI is InChI=1S/C16H17Cl2N3O3S2/c1-3-12(25-8-13(22)24-4-2)14(23)19-16-21-20-15(26-16)10-6-5-9(17)7-11(10)18/h5-7,12H,3-4,8H2,1-2H3,(H,19,21,23). The number of halogens is 2. The van der Waals surface area contributed by atoms with Crippen molar-refractivity contribution in [2.24, 2.45) is 0 Å². The van der Waals surface area contributed by atoms with E-state index in [0.29, 0.717) is 38.8 Å². The number of anilines is 1. The third-order valence-electron chi connectivity index (χ3n) is 3.19. The maximum atomic E-state index is 12.4. The number of benzene rings is 1. The summed E-state index contributed by atoms with van der Waals surface area (Å²) in [4.78, 5) is 23.8. The predicted octanol–water partition coefficient (Wildman–Crippen LogP) is 4.53. The SMILES string of the molecule is CCOC(=O)CSC(CC)C(=O)Nc1nnc(-c2ccc(Cl)cc2Cl)s1. The van der Waals surface area contributed by atoms with Gasteiger partial charge in [0.1, 0.15) is 0 Å². The van der Waals surface area contributed by atoms with Crippen LogP contribution in [0.15, 0.2) is 18.2 Å². The van der Waals surface area contributed by atoms with Crippen molar-refractivity contribution in [1.29, 1.82) is 0 Å². The van der Waals surface area contributed by atoms with E-state index in [1.807, 2.05) is 6.92 Å². The van der Waals surface area contributed by atoms with Crippen LogP contribution in [-0.4, -0.2) is 39.7 Å². The maximum Gasteiger partial charge on any atom is 0.315 e. The number of hydrogen-bond acceptors (Lipinski definition) is 7. The van der Waals surface area contributed by atoms with Gasteiger partial charge in [-0.3, -0.25) is 14.9 Å². The fourth-order valence-corrected chi connectivity index (χ4v) is 4.19. The first-order valence-electron chi connectivity index (χ1n) is 7.81. The number of amides is 1. The van der Waals surface area contributed by atoms with E-state index in [1.165, 1.54) is 23.1 Å². The summed E-state index contributed by atoms with van der Waals surface area (Å²) >= 11 is 14.5. The number of ether oxygens (including phenoxy) is 1. The van der Waals surface area contributed by atoms with Crippen LogP contribution >= 0.6 is 46.3 Å². The molecule has 1 N–H and O–H groups in total. The summed E-state index contributed by atoms with van der Waals surface area (Å²) in [6.07, 6.45) is 0.574. The van der Waals surface area contributed by atoms with Crippen molar-refractivity contribution >= 4 is 63.3 Å². The van der Waals surface area contributed by atoms with E-state index >= 15 is 0 Å². The summed E-state index contributed by atoms with van der Waals surface area (Å²) in [7, 11) is 0. The maximum absolute atomic E-state index is 12.4. The number of thioether (sulfide) groups is 1. The van der Waals surface area contributed by atoms with Gasteiger partial charge in [-0.05, 0) is 31.5 Å². The largest absolute Gasteiger partial charge is 0.465 e. The molecule has 2 aromatic rings. The minimum atomic E-state index is -0.383. The lowest BCUT2D eigenvalue weighted by Gasteiger charge is -2.12. The number of aromatic nitrogens is 2. The molecule has 0 saturated carbocycles. The Labute approximate surface area is 169 Å². The zero-order chi connectivity index (χ0) is 19.1. The molecule has 0 aliphatic carbocycles. The van der Waals surface area contributed by atoms with Crippen molar-refractivity contribution in [3.63, 3.8) is 0 Å². The van der Waals surface area contributed by atoms with Gasteiger partial charge in [-0.2, -0.15) is 0 Å². The number of nitrogens with one attached hydrogen (secondary N) is 1. The van der Waals surface area contributed by atoms with Crippen molar-refractivity contribution in [3.05, 3.63) is 28.2 Å². The Bertz CT molecular complexity index is 786. The zero-order valence-electron chi connectivity index (χ0n) is 14.1. The minimum Gasteiger partial charge on any atom is -0.465 e. The van der Waals surface area contributed by atoms with E-state index in [0.717, 1.165) is 0 Å². The molecule has 1 atom stereocenters. The van der Waals surface area contributed by atoms with Gasteiger partial charge in [0.2, 0.25) is 11.0 Å². The highest BCUT2D eigenvalue weighted by atomic mass is 35.5. The molecular formula is C16H17Cl2N3O3S2. The molecule has 1 amide bonds. The van der Waals surface area contributed by atoms with Crippen molar-refractivity contribution < 1.29 is 14.3 Å². The summed E-state index contributed by atoms with van der Waals surface area (Å²) in [5, 5.41) is 12.3. The lowest BCUT2D eigenvalue weighted by Crippen LogP contribution is -2.26. The van der Waals surface area contributed by atoms with Gasteiger partial charge in [-0.15, -0.1) is 22.0 Å². The van der Waals surface area contributed by atoms with Crippen LogP contribution in [0.5, 0.6) is 0 Å². The highest BCUT2D eigenvalue weighted by Gasteiger charge is 2.21. The van der Waals surface area contributed by atoms with Crippen LogP contribution in [0, 0.1) is 0 Å². The second kappa shape index (κ2) is 10.1. The quantitative estimate of drug-likeness (QED) is 0.615. The van der Waals surface area contributed by atoms with Gasteiger partial charge in [0, 0.05) is 10.6 Å². The average molecular weight is 434 g/mol. The van der Waals surface area contributed by atoms with Crippen LogP contribution in [0.1, 0.15) is 20.3 Å². The molecule has 0 bridgehead atoms. The average Bonchev–Trinajstić information content (AvgIpc) is 3.03. The normalized spacial score (nSPS) is 11.8. The molecule has 2 rings (SSSR count). The molecule has 10 heteroatoms. The van der Waals surface area contributed by atoms with Crippen molar-refractivity contribution in [3.8, 4) is 10.6 Å². The van der Waals surface area contributed by atoms with Gasteiger partial charge >= 0.3 is 5.97 Å². The van der Waals surface area contributed by atoms with E-state index < -0.39 is 0 Å². The fourth-order valence-electron chi connectivity index (χ4n) is 1.98. The summed E-state index contributed by atoms with van der Waals surface area (Å²) in [6, 6.07) is 5.08. The van der Waals surface area contributed by atoms with Crippen molar-refractivity contribution in [2.45, 2.75) is 25.5 Å². The first-order chi connectivity index (χ1) is 12.4. The van der Waals surface area contributed by atoms with E-state index in [2.05, 4.69) is 15.5 Å². The predicted molar refractivity (Wildman–Crippen MR) is 107 cm³/mol. The Morgan fingerprint density at radius 3 is 2.73 bits per heavy atom. The summed E-state index contributed by atoms with van der Waals surface area (Å²) in [5.41, 5.74) is 0.692. The molecule has 0 saturated heterocycles. The molecule has 0 radical (unpaired) electrons. The first kappa shape index (κ1) is 21.0. The second-order valence-electron chi connectivity index (χ2n) is 5.04. The van der Waals surface area contributed by atoms with Crippen LogP contribution in [0.3, 0.4) is 0 Å². The number of esters is 1. The Balaban J connectivity index is 2.00. The van der Waals surface area contributed by atoms with Crippen LogP contribution in [0.2, 0.25) is 10.0 Å². The summed E-state index contributed by atoms with van der Waals surface area (Å²) < 4.78 is 4.87. The fraction of sp³-hybridized carbons (Fsp3) is 0.375. The van der Waals surface area contributed by atoms with E-state index in [4.69, 9.17) is 27.9 Å². The topological polar surface area (TPSA) is 81.2 Å². The van der Waals surface area contributed by atoms with Crippen LogP contribution in [-0.2, 0) is 14.3 Å². The van der Waals surface area contributed by atoms with Gasteiger partial charge < -0.3 is 4.74 Å². The Hall–Kier alpha value is -1.35. The summed E-state index contributed by atoms with van der Waals surface area (Å²) in [5.74, 6) is -0.437. The number of carbonyl (C=O) groups is 2. The molecule has 0 aliphatic heterocycles. The molecule has 0 aliphatic rings. The van der Waals surface area contributed by atoms with E-state index in [-0.39, 0.29) is 22.9 Å². The number of rotatable bonds is 8. The number of hydrogen-bond donors (Lipinski definition) is 1. The Morgan fingerprint density at radius 1 is 1.31 bits per heavy atom. The van der Waals surface area contributed by atoms with Gasteiger partial charge in [-0.1, -0.05) is 41.5 Å². The second-order valence-corrected chi connectivity index (χ2v) is 8.05. The third-order valence-corrected chi connectivity index (χ3v) is 5.96. The van der Waals surface area contributed by atoms with Gasteiger partial charge in [0.05, 0.1) is 22.6 Å². The van der Waals surface area contributed by atoms with Crippen molar-refractivity contribution in [2.75, 3.05) is 17.7 Å². The van der Waals surface area contributed by atoms with E-state index in [1.54, 1.807) is 25.1 Å². The number of carbonyl (C=O) groups excluding carboxylic acids is 2. The Morgan fingerprint density at radius 2 is 2.08 bits per heavy atom. The molecule has 1 aromatic heterocycles. The molecule has 26 heavy (non-hydrogen) atoms. The van der Waals surface area contributed by atoms with Crippen LogP contribution in [0.25, 0.3) is 10.6 Å².